The van der Waals surface area contributed by atoms with Gasteiger partial charge >= 0.3 is 0 Å². The van der Waals surface area contributed by atoms with E-state index in [0.717, 1.165) is 29.5 Å². The average molecular weight is 395 g/mol. The summed E-state index contributed by atoms with van der Waals surface area (Å²) in [6.45, 7) is 11.1. The van der Waals surface area contributed by atoms with E-state index in [4.69, 9.17) is 0 Å². The Bertz CT molecular complexity index is 844. The lowest BCUT2D eigenvalue weighted by atomic mass is 10.0. The molecule has 0 aliphatic heterocycles. The van der Waals surface area contributed by atoms with Crippen LogP contribution in [-0.2, 0) is 22.6 Å². The van der Waals surface area contributed by atoms with E-state index in [-0.39, 0.29) is 11.8 Å². The summed E-state index contributed by atoms with van der Waals surface area (Å²) in [5.74, 6) is -0.130. The van der Waals surface area contributed by atoms with E-state index in [9.17, 15) is 9.59 Å². The maximum atomic E-state index is 13.2. The Morgan fingerprint density at radius 1 is 1.00 bits per heavy atom. The van der Waals surface area contributed by atoms with Crippen LogP contribution >= 0.6 is 0 Å². The fourth-order valence-corrected chi connectivity index (χ4v) is 3.28. The fourth-order valence-electron chi connectivity index (χ4n) is 3.28. The number of aryl methyl sites for hydroxylation is 3. The minimum atomic E-state index is -0.523. The van der Waals surface area contributed by atoms with Crippen LogP contribution < -0.4 is 5.32 Å². The zero-order valence-corrected chi connectivity index (χ0v) is 18.4. The molecule has 0 aromatic heterocycles. The second-order valence-electron chi connectivity index (χ2n) is 7.86. The van der Waals surface area contributed by atoms with Crippen molar-refractivity contribution in [3.8, 4) is 0 Å². The van der Waals surface area contributed by atoms with Gasteiger partial charge in [-0.1, -0.05) is 55.8 Å². The van der Waals surface area contributed by atoms with Crippen LogP contribution in [0.3, 0.4) is 0 Å². The van der Waals surface area contributed by atoms with Crippen LogP contribution in [0.1, 0.15) is 54.5 Å². The Labute approximate surface area is 175 Å². The molecule has 0 saturated heterocycles. The minimum Gasteiger partial charge on any atom is -0.354 e. The Morgan fingerprint density at radius 3 is 2.38 bits per heavy atom. The van der Waals surface area contributed by atoms with Crippen molar-refractivity contribution in [1.29, 1.82) is 0 Å². The second kappa shape index (κ2) is 10.8. The first kappa shape index (κ1) is 22.7. The quantitative estimate of drug-likeness (QED) is 0.637. The van der Waals surface area contributed by atoms with Gasteiger partial charge in [0, 0.05) is 13.1 Å². The molecule has 2 aromatic rings. The maximum Gasteiger partial charge on any atom is 0.242 e. The molecule has 156 valence electrons. The van der Waals surface area contributed by atoms with E-state index in [2.05, 4.69) is 32.2 Å². The first-order valence-corrected chi connectivity index (χ1v) is 10.5. The van der Waals surface area contributed by atoms with E-state index in [1.807, 2.05) is 50.2 Å². The molecule has 0 spiro atoms. The molecule has 1 atom stereocenters. The molecule has 0 fully saturated rings. The van der Waals surface area contributed by atoms with Gasteiger partial charge in [0.2, 0.25) is 11.8 Å². The first-order valence-electron chi connectivity index (χ1n) is 10.5. The largest absolute Gasteiger partial charge is 0.354 e. The van der Waals surface area contributed by atoms with Gasteiger partial charge in [0.05, 0.1) is 6.42 Å². The average Bonchev–Trinajstić information content (AvgIpc) is 2.69. The molecule has 2 aromatic carbocycles. The van der Waals surface area contributed by atoms with E-state index in [1.165, 1.54) is 11.1 Å². The molecule has 2 amide bonds. The zero-order chi connectivity index (χ0) is 21.4. The Balaban J connectivity index is 2.22. The molecule has 0 saturated carbocycles. The molecule has 2 rings (SSSR count). The van der Waals surface area contributed by atoms with Crippen molar-refractivity contribution in [2.75, 3.05) is 6.54 Å². The third kappa shape index (κ3) is 6.45. The highest BCUT2D eigenvalue weighted by molar-refractivity contribution is 5.88. The first-order chi connectivity index (χ1) is 13.8. The molecule has 0 aliphatic rings. The highest BCUT2D eigenvalue weighted by atomic mass is 16.2. The van der Waals surface area contributed by atoms with Crippen molar-refractivity contribution < 1.29 is 9.59 Å². The summed E-state index contributed by atoms with van der Waals surface area (Å²) >= 11 is 0. The van der Waals surface area contributed by atoms with Gasteiger partial charge in [0.1, 0.15) is 6.04 Å². The third-order valence-corrected chi connectivity index (χ3v) is 5.53. The monoisotopic (exact) mass is 394 g/mol. The van der Waals surface area contributed by atoms with Gasteiger partial charge in [-0.05, 0) is 61.9 Å². The molecule has 0 radical (unpaired) electrons. The minimum absolute atomic E-state index is 0.0327. The van der Waals surface area contributed by atoms with Crippen molar-refractivity contribution in [1.82, 2.24) is 10.2 Å². The number of nitrogens with one attached hydrogen (secondary N) is 1. The van der Waals surface area contributed by atoms with Gasteiger partial charge in [0.15, 0.2) is 0 Å². The lowest BCUT2D eigenvalue weighted by Gasteiger charge is -2.29. The van der Waals surface area contributed by atoms with Crippen LogP contribution in [0, 0.1) is 20.8 Å². The van der Waals surface area contributed by atoms with Crippen molar-refractivity contribution in [3.05, 3.63) is 70.3 Å². The summed E-state index contributed by atoms with van der Waals surface area (Å²) in [5.41, 5.74) is 5.54. The molecule has 4 heteroatoms. The topological polar surface area (TPSA) is 49.4 Å². The highest BCUT2D eigenvalue weighted by Gasteiger charge is 2.26. The zero-order valence-electron chi connectivity index (χ0n) is 18.4. The number of rotatable bonds is 9. The van der Waals surface area contributed by atoms with Crippen molar-refractivity contribution in [3.63, 3.8) is 0 Å². The van der Waals surface area contributed by atoms with Crippen LogP contribution in [0.25, 0.3) is 0 Å². The number of unbranched alkanes of at least 4 members (excludes halogenated alkanes) is 1. The van der Waals surface area contributed by atoms with Crippen LogP contribution in [0.2, 0.25) is 0 Å². The van der Waals surface area contributed by atoms with Crippen molar-refractivity contribution in [2.24, 2.45) is 0 Å². The second-order valence-corrected chi connectivity index (χ2v) is 7.86. The lowest BCUT2D eigenvalue weighted by Crippen LogP contribution is -2.48. The predicted molar refractivity (Wildman–Crippen MR) is 119 cm³/mol. The van der Waals surface area contributed by atoms with Gasteiger partial charge in [-0.3, -0.25) is 9.59 Å². The standard InChI is InChI=1S/C25H34N2O2/c1-6-7-14-26-25(29)21(5)27(17-23-11-9-8-10-19(23)3)24(28)16-22-13-12-18(2)20(4)15-22/h8-13,15,21H,6-7,14,16-17H2,1-5H3,(H,26,29)/t21-/m1/s1. The van der Waals surface area contributed by atoms with Gasteiger partial charge in [-0.2, -0.15) is 0 Å². The number of carbonyl (C=O) groups excluding carboxylic acids is 2. The van der Waals surface area contributed by atoms with Crippen LogP contribution in [-0.4, -0.2) is 29.3 Å². The molecule has 1 N–H and O–H groups in total. The SMILES string of the molecule is CCCCNC(=O)[C@@H](C)N(Cc1ccccc1C)C(=O)Cc1ccc(C)c(C)c1. The van der Waals surface area contributed by atoms with E-state index in [0.29, 0.717) is 19.5 Å². The normalized spacial score (nSPS) is 11.8. The van der Waals surface area contributed by atoms with Gasteiger partial charge < -0.3 is 10.2 Å². The van der Waals surface area contributed by atoms with Crippen LogP contribution in [0.5, 0.6) is 0 Å². The van der Waals surface area contributed by atoms with Crippen molar-refractivity contribution >= 4 is 11.8 Å². The number of amides is 2. The molecule has 29 heavy (non-hydrogen) atoms. The molecule has 0 heterocycles. The molecular formula is C25H34N2O2. The molecule has 0 aliphatic carbocycles. The van der Waals surface area contributed by atoms with E-state index >= 15 is 0 Å². The summed E-state index contributed by atoms with van der Waals surface area (Å²) in [7, 11) is 0. The molecule has 4 nitrogen and oxygen atoms in total. The number of nitrogens with zero attached hydrogens (tertiary/aromatic N) is 1. The maximum absolute atomic E-state index is 13.2. The smallest absolute Gasteiger partial charge is 0.242 e. The number of carbonyl (C=O) groups is 2. The summed E-state index contributed by atoms with van der Waals surface area (Å²) in [4.78, 5) is 27.6. The summed E-state index contributed by atoms with van der Waals surface area (Å²) in [5, 5.41) is 2.97. The van der Waals surface area contributed by atoms with Crippen molar-refractivity contribution in [2.45, 2.75) is 66.5 Å². The third-order valence-electron chi connectivity index (χ3n) is 5.53. The number of hydrogen-bond acceptors (Lipinski definition) is 2. The summed E-state index contributed by atoms with van der Waals surface area (Å²) in [6.07, 6.45) is 2.25. The number of benzene rings is 2. The Kier molecular flexibility index (Phi) is 8.44. The van der Waals surface area contributed by atoms with Crippen LogP contribution in [0.4, 0.5) is 0 Å². The van der Waals surface area contributed by atoms with Crippen LogP contribution in [0.15, 0.2) is 42.5 Å². The van der Waals surface area contributed by atoms with Gasteiger partial charge in [0.25, 0.3) is 0 Å². The van der Waals surface area contributed by atoms with Gasteiger partial charge in [-0.25, -0.2) is 0 Å². The lowest BCUT2D eigenvalue weighted by molar-refractivity contribution is -0.140. The Hall–Kier alpha value is -2.62. The number of hydrogen-bond donors (Lipinski definition) is 1. The summed E-state index contributed by atoms with van der Waals surface area (Å²) in [6, 6.07) is 13.6. The van der Waals surface area contributed by atoms with E-state index < -0.39 is 6.04 Å². The molecule has 0 bridgehead atoms. The predicted octanol–water partition coefficient (Wildman–Crippen LogP) is 4.49. The fraction of sp³-hybridized carbons (Fsp3) is 0.440. The highest BCUT2D eigenvalue weighted by Crippen LogP contribution is 2.17. The van der Waals surface area contributed by atoms with E-state index in [1.54, 1.807) is 4.90 Å². The summed E-state index contributed by atoms with van der Waals surface area (Å²) < 4.78 is 0. The Morgan fingerprint density at radius 2 is 1.72 bits per heavy atom. The molecular weight excluding hydrogens is 360 g/mol. The molecule has 0 unspecified atom stereocenters. The van der Waals surface area contributed by atoms with Gasteiger partial charge in [-0.15, -0.1) is 0 Å².